The molecule has 3 N–H and O–H groups in total. The van der Waals surface area contributed by atoms with Crippen LogP contribution >= 0.6 is 0 Å². The van der Waals surface area contributed by atoms with Gasteiger partial charge in [-0.3, -0.25) is 4.79 Å². The number of fused-ring (bicyclic) bond motifs is 3. The molecular formula is C25H30N2O5. The number of hydrogen-bond acceptors (Lipinski definition) is 4. The first kappa shape index (κ1) is 23.3. The highest BCUT2D eigenvalue weighted by molar-refractivity contribution is 5.89. The van der Waals surface area contributed by atoms with Crippen LogP contribution in [0.15, 0.2) is 48.5 Å². The third-order valence-electron chi connectivity index (χ3n) is 5.80. The minimum Gasteiger partial charge on any atom is -0.480 e. The second kappa shape index (κ2) is 9.85. The number of amides is 2. The molecule has 0 aromatic heterocycles. The van der Waals surface area contributed by atoms with Crippen LogP contribution in [0, 0.1) is 11.8 Å². The molecule has 0 radical (unpaired) electrons. The van der Waals surface area contributed by atoms with E-state index in [9.17, 15) is 19.5 Å². The van der Waals surface area contributed by atoms with Gasteiger partial charge in [-0.05, 0) is 34.1 Å². The van der Waals surface area contributed by atoms with Gasteiger partial charge in [-0.2, -0.15) is 0 Å². The van der Waals surface area contributed by atoms with Gasteiger partial charge >= 0.3 is 12.1 Å². The van der Waals surface area contributed by atoms with Crippen LogP contribution in [0.4, 0.5) is 4.79 Å². The highest BCUT2D eigenvalue weighted by atomic mass is 16.5. The number of nitrogens with one attached hydrogen (secondary N) is 2. The summed E-state index contributed by atoms with van der Waals surface area (Å²) in [6.07, 6.45) is -0.711. The van der Waals surface area contributed by atoms with E-state index in [-0.39, 0.29) is 24.4 Å². The molecular weight excluding hydrogens is 408 g/mol. The van der Waals surface area contributed by atoms with E-state index < -0.39 is 30.1 Å². The Morgan fingerprint density at radius 3 is 1.81 bits per heavy atom. The molecule has 3 rings (SSSR count). The fourth-order valence-electron chi connectivity index (χ4n) is 4.06. The molecule has 0 saturated carbocycles. The molecule has 0 saturated heterocycles. The van der Waals surface area contributed by atoms with Crippen molar-refractivity contribution in [2.75, 3.05) is 6.61 Å². The van der Waals surface area contributed by atoms with Crippen LogP contribution in [0.25, 0.3) is 11.1 Å². The summed E-state index contributed by atoms with van der Waals surface area (Å²) in [5, 5.41) is 14.5. The number of hydrogen-bond donors (Lipinski definition) is 3. The van der Waals surface area contributed by atoms with E-state index in [1.54, 1.807) is 27.7 Å². The van der Waals surface area contributed by atoms with Crippen LogP contribution < -0.4 is 10.6 Å². The van der Waals surface area contributed by atoms with Gasteiger partial charge in [-0.1, -0.05) is 76.2 Å². The average molecular weight is 439 g/mol. The molecule has 7 heteroatoms. The molecule has 0 unspecified atom stereocenters. The minimum atomic E-state index is -1.11. The quantitative estimate of drug-likeness (QED) is 0.582. The van der Waals surface area contributed by atoms with Crippen LogP contribution in [0.2, 0.25) is 0 Å². The van der Waals surface area contributed by atoms with Gasteiger partial charge in [0.05, 0.1) is 0 Å². The molecule has 170 valence electrons. The van der Waals surface area contributed by atoms with Gasteiger partial charge in [0, 0.05) is 5.92 Å². The average Bonchev–Trinajstić information content (AvgIpc) is 3.07. The van der Waals surface area contributed by atoms with E-state index in [0.29, 0.717) is 0 Å². The summed E-state index contributed by atoms with van der Waals surface area (Å²) in [6.45, 7) is 7.11. The van der Waals surface area contributed by atoms with E-state index in [0.717, 1.165) is 22.3 Å². The molecule has 0 bridgehead atoms. The van der Waals surface area contributed by atoms with Crippen LogP contribution in [0.5, 0.6) is 0 Å². The summed E-state index contributed by atoms with van der Waals surface area (Å²) in [7, 11) is 0. The van der Waals surface area contributed by atoms with Crippen LogP contribution in [0.3, 0.4) is 0 Å². The molecule has 0 aliphatic heterocycles. The van der Waals surface area contributed by atoms with E-state index in [1.165, 1.54) is 0 Å². The molecule has 1 aliphatic carbocycles. The molecule has 2 aromatic carbocycles. The maximum absolute atomic E-state index is 12.7. The lowest BCUT2D eigenvalue weighted by Gasteiger charge is -2.25. The zero-order valence-electron chi connectivity index (χ0n) is 18.8. The number of ether oxygens (including phenoxy) is 1. The van der Waals surface area contributed by atoms with Gasteiger partial charge in [0.25, 0.3) is 0 Å². The number of carboxylic acid groups (broad SMARTS) is 1. The van der Waals surface area contributed by atoms with Crippen molar-refractivity contribution < 1.29 is 24.2 Å². The fourth-order valence-corrected chi connectivity index (χ4v) is 4.06. The smallest absolute Gasteiger partial charge is 0.407 e. The zero-order chi connectivity index (χ0) is 23.4. The normalized spacial score (nSPS) is 14.4. The van der Waals surface area contributed by atoms with Crippen molar-refractivity contribution >= 4 is 18.0 Å². The molecule has 0 fully saturated rings. The van der Waals surface area contributed by atoms with E-state index in [1.807, 2.05) is 36.4 Å². The molecule has 2 atom stereocenters. The number of benzene rings is 2. The molecule has 0 spiro atoms. The summed E-state index contributed by atoms with van der Waals surface area (Å²) in [5.41, 5.74) is 4.46. The summed E-state index contributed by atoms with van der Waals surface area (Å²) in [4.78, 5) is 36.7. The number of carboxylic acids is 1. The molecule has 2 amide bonds. The van der Waals surface area contributed by atoms with Crippen molar-refractivity contribution in [1.29, 1.82) is 0 Å². The first-order valence-corrected chi connectivity index (χ1v) is 10.8. The lowest BCUT2D eigenvalue weighted by atomic mass is 9.98. The number of alkyl carbamates (subject to hydrolysis) is 1. The Morgan fingerprint density at radius 1 is 0.844 bits per heavy atom. The first-order valence-electron chi connectivity index (χ1n) is 10.8. The monoisotopic (exact) mass is 438 g/mol. The van der Waals surface area contributed by atoms with Crippen molar-refractivity contribution in [3.63, 3.8) is 0 Å². The van der Waals surface area contributed by atoms with Crippen molar-refractivity contribution in [1.82, 2.24) is 10.6 Å². The first-order chi connectivity index (χ1) is 15.2. The molecule has 7 nitrogen and oxygen atoms in total. The largest absolute Gasteiger partial charge is 0.480 e. The van der Waals surface area contributed by atoms with E-state index in [4.69, 9.17) is 4.74 Å². The third-order valence-corrected chi connectivity index (χ3v) is 5.80. The number of carbonyl (C=O) groups is 3. The van der Waals surface area contributed by atoms with Crippen molar-refractivity contribution in [2.45, 2.75) is 45.7 Å². The van der Waals surface area contributed by atoms with Gasteiger partial charge in [-0.25, -0.2) is 9.59 Å². The zero-order valence-corrected chi connectivity index (χ0v) is 18.8. The number of carbonyl (C=O) groups excluding carboxylic acids is 2. The van der Waals surface area contributed by atoms with Gasteiger partial charge in [0.1, 0.15) is 18.7 Å². The SMILES string of the molecule is CC(C)[C@H](NC(=O)[C@@H](NC(=O)OCC1c2ccccc2-c2ccccc21)C(C)C)C(=O)O. The van der Waals surface area contributed by atoms with E-state index in [2.05, 4.69) is 22.8 Å². The maximum atomic E-state index is 12.7. The maximum Gasteiger partial charge on any atom is 0.407 e. The van der Waals surface area contributed by atoms with Crippen molar-refractivity contribution in [2.24, 2.45) is 11.8 Å². The van der Waals surface area contributed by atoms with Gasteiger partial charge < -0.3 is 20.5 Å². The Labute approximate surface area is 188 Å². The van der Waals surface area contributed by atoms with Crippen molar-refractivity contribution in [3.8, 4) is 11.1 Å². The van der Waals surface area contributed by atoms with Crippen LogP contribution in [-0.4, -0.2) is 41.8 Å². The lowest BCUT2D eigenvalue weighted by Crippen LogP contribution is -2.55. The fraction of sp³-hybridized carbons (Fsp3) is 0.400. The lowest BCUT2D eigenvalue weighted by molar-refractivity contribution is -0.143. The summed E-state index contributed by atoms with van der Waals surface area (Å²) < 4.78 is 5.52. The van der Waals surface area contributed by atoms with Crippen LogP contribution in [-0.2, 0) is 14.3 Å². The molecule has 0 heterocycles. The number of rotatable bonds is 8. The van der Waals surface area contributed by atoms with Crippen molar-refractivity contribution in [3.05, 3.63) is 59.7 Å². The van der Waals surface area contributed by atoms with Gasteiger partial charge in [-0.15, -0.1) is 0 Å². The Morgan fingerprint density at radius 2 is 1.34 bits per heavy atom. The standard InChI is InChI=1S/C25H30N2O5/c1-14(2)21(23(28)26-22(15(3)4)24(29)30)27-25(31)32-13-20-18-11-7-5-9-16(18)17-10-6-8-12-19(17)20/h5-12,14-15,20-22H,13H2,1-4H3,(H,26,28)(H,27,31)(H,29,30)/t21-,22-/m0/s1. The van der Waals surface area contributed by atoms with Crippen LogP contribution in [0.1, 0.15) is 44.7 Å². The van der Waals surface area contributed by atoms with Gasteiger partial charge in [0.15, 0.2) is 0 Å². The second-order valence-electron chi connectivity index (χ2n) is 8.76. The number of aliphatic carboxylic acids is 1. The molecule has 1 aliphatic rings. The Hall–Kier alpha value is -3.35. The Balaban J connectivity index is 1.67. The predicted molar refractivity (Wildman–Crippen MR) is 121 cm³/mol. The summed E-state index contributed by atoms with van der Waals surface area (Å²) >= 11 is 0. The highest BCUT2D eigenvalue weighted by Crippen LogP contribution is 2.44. The summed E-state index contributed by atoms with van der Waals surface area (Å²) in [5.74, 6) is -2.29. The predicted octanol–water partition coefficient (Wildman–Crippen LogP) is 3.78. The topological polar surface area (TPSA) is 105 Å². The Bertz CT molecular complexity index is 956. The molecule has 2 aromatic rings. The highest BCUT2D eigenvalue weighted by Gasteiger charge is 2.32. The summed E-state index contributed by atoms with van der Waals surface area (Å²) in [6, 6.07) is 14.1. The van der Waals surface area contributed by atoms with Gasteiger partial charge in [0.2, 0.25) is 5.91 Å². The minimum absolute atomic E-state index is 0.0863. The second-order valence-corrected chi connectivity index (χ2v) is 8.76. The molecule has 32 heavy (non-hydrogen) atoms. The van der Waals surface area contributed by atoms with E-state index >= 15 is 0 Å². The Kier molecular flexibility index (Phi) is 7.18. The third kappa shape index (κ3) is 4.93.